The number of hydrogen-bond donors (Lipinski definition) is 2. The van der Waals surface area contributed by atoms with E-state index in [-0.39, 0.29) is 12.6 Å². The van der Waals surface area contributed by atoms with E-state index < -0.39 is 13.0 Å². The lowest BCUT2D eigenvalue weighted by atomic mass is 10.0. The van der Waals surface area contributed by atoms with Crippen molar-refractivity contribution in [3.63, 3.8) is 0 Å². The summed E-state index contributed by atoms with van der Waals surface area (Å²) in [6, 6.07) is 9.67. The molecule has 0 aliphatic rings. The van der Waals surface area contributed by atoms with Crippen LogP contribution in [-0.2, 0) is 4.74 Å². The van der Waals surface area contributed by atoms with Crippen molar-refractivity contribution in [1.82, 2.24) is 10.4 Å². The van der Waals surface area contributed by atoms with E-state index in [0.717, 1.165) is 22.2 Å². The van der Waals surface area contributed by atoms with E-state index in [1.165, 1.54) is 0 Å². The average Bonchev–Trinajstić information content (AvgIpc) is 2.46. The fraction of sp³-hybridized carbons (Fsp3) is 0.400. The van der Waals surface area contributed by atoms with Crippen molar-refractivity contribution in [1.29, 1.82) is 0 Å². The standard InChI is InChI=1S/C15H19F2N3O/c1-10-2-3-11-8-12(4-5-13(11)19-10)14(20-18)6-7-21-9-15(16)17/h2-5,8,14-15,20H,6-7,9,18H2,1H3. The van der Waals surface area contributed by atoms with Crippen LogP contribution < -0.4 is 11.3 Å². The molecule has 1 aromatic heterocycles. The lowest BCUT2D eigenvalue weighted by molar-refractivity contribution is 0.0143. The summed E-state index contributed by atoms with van der Waals surface area (Å²) in [5.41, 5.74) is 5.56. The fourth-order valence-electron chi connectivity index (χ4n) is 2.18. The molecule has 0 aliphatic carbocycles. The number of nitrogens with two attached hydrogens (primary N) is 1. The van der Waals surface area contributed by atoms with Gasteiger partial charge in [0, 0.05) is 23.7 Å². The quantitative estimate of drug-likeness (QED) is 0.468. The van der Waals surface area contributed by atoms with Crippen molar-refractivity contribution in [2.24, 2.45) is 5.84 Å². The maximum atomic E-state index is 12.0. The molecule has 0 amide bonds. The van der Waals surface area contributed by atoms with Crippen LogP contribution in [0.1, 0.15) is 23.7 Å². The summed E-state index contributed by atoms with van der Waals surface area (Å²) in [6.07, 6.45) is -1.92. The van der Waals surface area contributed by atoms with E-state index in [1.54, 1.807) is 0 Å². The molecule has 6 heteroatoms. The van der Waals surface area contributed by atoms with E-state index >= 15 is 0 Å². The number of benzene rings is 1. The Morgan fingerprint density at radius 3 is 2.81 bits per heavy atom. The number of ether oxygens (including phenoxy) is 1. The average molecular weight is 295 g/mol. The molecule has 0 saturated carbocycles. The van der Waals surface area contributed by atoms with Gasteiger partial charge in [0.05, 0.1) is 5.52 Å². The number of alkyl halides is 2. The number of nitrogens with zero attached hydrogens (tertiary/aromatic N) is 1. The lowest BCUT2D eigenvalue weighted by Gasteiger charge is -2.17. The van der Waals surface area contributed by atoms with Gasteiger partial charge < -0.3 is 4.74 Å². The zero-order valence-corrected chi connectivity index (χ0v) is 11.9. The van der Waals surface area contributed by atoms with Crippen LogP contribution in [0, 0.1) is 6.92 Å². The van der Waals surface area contributed by atoms with Gasteiger partial charge >= 0.3 is 0 Å². The van der Waals surface area contributed by atoms with Crippen LogP contribution in [0.5, 0.6) is 0 Å². The number of rotatable bonds is 7. The second-order valence-corrected chi connectivity index (χ2v) is 4.88. The Hall–Kier alpha value is -1.63. The van der Waals surface area contributed by atoms with Gasteiger partial charge in [-0.25, -0.2) is 8.78 Å². The van der Waals surface area contributed by atoms with E-state index in [9.17, 15) is 8.78 Å². The minimum Gasteiger partial charge on any atom is -0.375 e. The Labute approximate surface area is 122 Å². The van der Waals surface area contributed by atoms with Crippen LogP contribution in [0.2, 0.25) is 0 Å². The first-order valence-electron chi connectivity index (χ1n) is 6.79. The predicted octanol–water partition coefficient (Wildman–Crippen LogP) is 2.72. The molecule has 0 aliphatic heterocycles. The van der Waals surface area contributed by atoms with Gasteiger partial charge in [-0.1, -0.05) is 12.1 Å². The molecule has 1 heterocycles. The molecule has 21 heavy (non-hydrogen) atoms. The Bertz CT molecular complexity index is 592. The summed E-state index contributed by atoms with van der Waals surface area (Å²) in [7, 11) is 0. The molecular weight excluding hydrogens is 276 g/mol. The molecule has 1 unspecified atom stereocenters. The second-order valence-electron chi connectivity index (χ2n) is 4.88. The topological polar surface area (TPSA) is 60.2 Å². The van der Waals surface area contributed by atoms with Crippen LogP contribution in [0.3, 0.4) is 0 Å². The smallest absolute Gasteiger partial charge is 0.261 e. The summed E-state index contributed by atoms with van der Waals surface area (Å²) >= 11 is 0. The Balaban J connectivity index is 2.05. The van der Waals surface area contributed by atoms with E-state index in [4.69, 9.17) is 10.6 Å². The highest BCUT2D eigenvalue weighted by molar-refractivity contribution is 5.79. The Morgan fingerprint density at radius 1 is 1.29 bits per heavy atom. The van der Waals surface area contributed by atoms with Crippen molar-refractivity contribution < 1.29 is 13.5 Å². The maximum Gasteiger partial charge on any atom is 0.261 e. The van der Waals surface area contributed by atoms with Crippen LogP contribution in [0.25, 0.3) is 10.9 Å². The molecule has 0 saturated heterocycles. The van der Waals surface area contributed by atoms with Crippen molar-refractivity contribution in [3.05, 3.63) is 41.6 Å². The van der Waals surface area contributed by atoms with Gasteiger partial charge in [0.2, 0.25) is 0 Å². The van der Waals surface area contributed by atoms with E-state index in [2.05, 4.69) is 10.4 Å². The molecule has 1 atom stereocenters. The van der Waals surface area contributed by atoms with Crippen LogP contribution in [0.15, 0.2) is 30.3 Å². The third-order valence-corrected chi connectivity index (χ3v) is 3.25. The number of pyridine rings is 1. The first-order chi connectivity index (χ1) is 10.1. The summed E-state index contributed by atoms with van der Waals surface area (Å²) in [4.78, 5) is 4.44. The van der Waals surface area contributed by atoms with Gasteiger partial charge in [-0.05, 0) is 37.1 Å². The van der Waals surface area contributed by atoms with Crippen LogP contribution in [-0.4, -0.2) is 24.6 Å². The van der Waals surface area contributed by atoms with Gasteiger partial charge in [-0.15, -0.1) is 0 Å². The number of aryl methyl sites for hydroxylation is 1. The molecule has 1 aromatic carbocycles. The van der Waals surface area contributed by atoms with Crippen molar-refractivity contribution in [2.75, 3.05) is 13.2 Å². The van der Waals surface area contributed by atoms with Crippen LogP contribution >= 0.6 is 0 Å². The van der Waals surface area contributed by atoms with Gasteiger partial charge in [0.1, 0.15) is 6.61 Å². The molecular formula is C15H19F2N3O. The minimum atomic E-state index is -2.44. The Morgan fingerprint density at radius 2 is 2.10 bits per heavy atom. The van der Waals surface area contributed by atoms with Crippen LogP contribution in [0.4, 0.5) is 8.78 Å². The first-order valence-corrected chi connectivity index (χ1v) is 6.79. The fourth-order valence-corrected chi connectivity index (χ4v) is 2.18. The highest BCUT2D eigenvalue weighted by Crippen LogP contribution is 2.21. The highest BCUT2D eigenvalue weighted by Gasteiger charge is 2.11. The zero-order valence-electron chi connectivity index (χ0n) is 11.9. The largest absolute Gasteiger partial charge is 0.375 e. The number of fused-ring (bicyclic) bond motifs is 1. The summed E-state index contributed by atoms with van der Waals surface area (Å²) in [5, 5.41) is 1.02. The summed E-state index contributed by atoms with van der Waals surface area (Å²) in [6.45, 7) is 1.62. The molecule has 0 spiro atoms. The molecule has 0 fully saturated rings. The second kappa shape index (κ2) is 7.40. The minimum absolute atomic E-state index is 0.145. The third-order valence-electron chi connectivity index (χ3n) is 3.25. The van der Waals surface area contributed by atoms with Crippen molar-refractivity contribution >= 4 is 10.9 Å². The first kappa shape index (κ1) is 15.8. The van der Waals surface area contributed by atoms with Gasteiger partial charge in [0.15, 0.2) is 0 Å². The number of halogens is 2. The van der Waals surface area contributed by atoms with Crippen molar-refractivity contribution in [2.45, 2.75) is 25.8 Å². The van der Waals surface area contributed by atoms with Crippen molar-refractivity contribution in [3.8, 4) is 0 Å². The van der Waals surface area contributed by atoms with Gasteiger partial charge in [-0.2, -0.15) is 0 Å². The SMILES string of the molecule is Cc1ccc2cc(C(CCOCC(F)F)NN)ccc2n1. The highest BCUT2D eigenvalue weighted by atomic mass is 19.3. The summed E-state index contributed by atoms with van der Waals surface area (Å²) in [5.74, 6) is 5.55. The molecule has 114 valence electrons. The molecule has 4 nitrogen and oxygen atoms in total. The third kappa shape index (κ3) is 4.42. The number of hydrazine groups is 1. The van der Waals surface area contributed by atoms with E-state index in [0.29, 0.717) is 6.42 Å². The molecule has 0 bridgehead atoms. The molecule has 2 aromatic rings. The normalized spacial score (nSPS) is 13.0. The number of hydrogen-bond acceptors (Lipinski definition) is 4. The lowest BCUT2D eigenvalue weighted by Crippen LogP contribution is -2.29. The maximum absolute atomic E-state index is 12.0. The van der Waals surface area contributed by atoms with Gasteiger partial charge in [0.25, 0.3) is 6.43 Å². The monoisotopic (exact) mass is 295 g/mol. The molecule has 2 rings (SSSR count). The zero-order chi connectivity index (χ0) is 15.2. The number of aromatic nitrogens is 1. The Kier molecular flexibility index (Phi) is 5.55. The molecule has 3 N–H and O–H groups in total. The predicted molar refractivity (Wildman–Crippen MR) is 78.0 cm³/mol. The van der Waals surface area contributed by atoms with Gasteiger partial charge in [-0.3, -0.25) is 16.3 Å². The number of nitrogens with one attached hydrogen (secondary N) is 1. The molecule has 0 radical (unpaired) electrons. The van der Waals surface area contributed by atoms with E-state index in [1.807, 2.05) is 37.3 Å². The summed E-state index contributed by atoms with van der Waals surface area (Å²) < 4.78 is 28.9.